The maximum absolute atomic E-state index is 13.0. The van der Waals surface area contributed by atoms with Crippen LogP contribution in [0.1, 0.15) is 56.6 Å². The lowest BCUT2D eigenvalue weighted by molar-refractivity contribution is -0.145. The molecule has 0 spiro atoms. The normalized spacial score (nSPS) is 14.8. The molecule has 1 saturated heterocycles. The molecule has 2 heterocycles. The van der Waals surface area contributed by atoms with Gasteiger partial charge in [-0.2, -0.15) is 0 Å². The molecule has 4 rings (SSSR count). The summed E-state index contributed by atoms with van der Waals surface area (Å²) in [4.78, 5) is 50.5. The van der Waals surface area contributed by atoms with Gasteiger partial charge in [0.25, 0.3) is 0 Å². The zero-order valence-electron chi connectivity index (χ0n) is 22.3. The Labute approximate surface area is 227 Å². The van der Waals surface area contributed by atoms with Crippen LogP contribution in [-0.4, -0.2) is 45.2 Å². The van der Waals surface area contributed by atoms with E-state index in [1.807, 2.05) is 42.5 Å². The SMILES string of the molecule is Cn1c(=O)n(C(CCC(N)=O)C(=O)O)c2ccc(N3CCC(CCCC(=O)OCc4ccccc4)CC3)cc21. The lowest BCUT2D eigenvalue weighted by atomic mass is 9.91. The van der Waals surface area contributed by atoms with Crippen LogP contribution >= 0.6 is 0 Å². The van der Waals surface area contributed by atoms with Gasteiger partial charge in [0.05, 0.1) is 11.0 Å². The van der Waals surface area contributed by atoms with E-state index in [2.05, 4.69) is 4.90 Å². The van der Waals surface area contributed by atoms with Crippen LogP contribution in [0.3, 0.4) is 0 Å². The fourth-order valence-electron chi connectivity index (χ4n) is 5.32. The summed E-state index contributed by atoms with van der Waals surface area (Å²) in [5.74, 6) is -1.41. The van der Waals surface area contributed by atoms with Gasteiger partial charge in [0, 0.05) is 38.7 Å². The summed E-state index contributed by atoms with van der Waals surface area (Å²) in [6, 6.07) is 14.1. The molecule has 10 heteroatoms. The van der Waals surface area contributed by atoms with Gasteiger partial charge < -0.3 is 20.5 Å². The molecule has 3 N–H and O–H groups in total. The number of amides is 1. The zero-order valence-corrected chi connectivity index (χ0v) is 22.3. The summed E-state index contributed by atoms with van der Waals surface area (Å²) in [7, 11) is 1.62. The van der Waals surface area contributed by atoms with E-state index in [0.29, 0.717) is 30.0 Å². The van der Waals surface area contributed by atoms with Gasteiger partial charge in [0.15, 0.2) is 0 Å². The lowest BCUT2D eigenvalue weighted by Gasteiger charge is -2.33. The van der Waals surface area contributed by atoms with Gasteiger partial charge in [-0.3, -0.25) is 18.7 Å². The van der Waals surface area contributed by atoms with Crippen LogP contribution in [0.15, 0.2) is 53.3 Å². The molecule has 10 nitrogen and oxygen atoms in total. The van der Waals surface area contributed by atoms with Crippen molar-refractivity contribution in [2.24, 2.45) is 18.7 Å². The minimum absolute atomic E-state index is 0.0519. The van der Waals surface area contributed by atoms with Crippen LogP contribution in [-0.2, 0) is 32.8 Å². The van der Waals surface area contributed by atoms with Gasteiger partial charge in [-0.15, -0.1) is 0 Å². The van der Waals surface area contributed by atoms with Crippen molar-refractivity contribution in [1.82, 2.24) is 9.13 Å². The Hall–Kier alpha value is -4.08. The Morgan fingerprint density at radius 1 is 1.05 bits per heavy atom. The molecule has 1 amide bonds. The van der Waals surface area contributed by atoms with Crippen molar-refractivity contribution in [2.75, 3.05) is 18.0 Å². The number of imidazole rings is 1. The Bertz CT molecular complexity index is 1370. The van der Waals surface area contributed by atoms with Crippen molar-refractivity contribution in [3.63, 3.8) is 0 Å². The van der Waals surface area contributed by atoms with Crippen LogP contribution in [0.25, 0.3) is 11.0 Å². The summed E-state index contributed by atoms with van der Waals surface area (Å²) in [5.41, 5.74) is 7.87. The van der Waals surface area contributed by atoms with E-state index < -0.39 is 23.6 Å². The Morgan fingerprint density at radius 2 is 1.77 bits per heavy atom. The Morgan fingerprint density at radius 3 is 2.44 bits per heavy atom. The summed E-state index contributed by atoms with van der Waals surface area (Å²) in [5, 5.41) is 9.73. The third kappa shape index (κ3) is 6.87. The van der Waals surface area contributed by atoms with Gasteiger partial charge in [-0.05, 0) is 61.8 Å². The highest BCUT2D eigenvalue weighted by Crippen LogP contribution is 2.30. The lowest BCUT2D eigenvalue weighted by Crippen LogP contribution is -2.33. The van der Waals surface area contributed by atoms with Gasteiger partial charge in [0.1, 0.15) is 12.6 Å². The number of hydrogen-bond acceptors (Lipinski definition) is 6. The molecule has 1 aliphatic rings. The number of benzene rings is 2. The quantitative estimate of drug-likeness (QED) is 0.339. The number of carbonyl (C=O) groups excluding carboxylic acids is 2. The van der Waals surface area contributed by atoms with E-state index in [4.69, 9.17) is 10.5 Å². The number of aryl methyl sites for hydroxylation is 1. The van der Waals surface area contributed by atoms with Crippen molar-refractivity contribution < 1.29 is 24.2 Å². The average molecular weight is 537 g/mol. The first-order valence-electron chi connectivity index (χ1n) is 13.4. The van der Waals surface area contributed by atoms with Gasteiger partial charge in [0.2, 0.25) is 5.91 Å². The third-order valence-electron chi connectivity index (χ3n) is 7.55. The van der Waals surface area contributed by atoms with E-state index in [1.165, 1.54) is 9.13 Å². The maximum atomic E-state index is 13.0. The van der Waals surface area contributed by atoms with E-state index in [0.717, 1.165) is 50.0 Å². The number of fused-ring (bicyclic) bond motifs is 1. The molecule has 1 aliphatic heterocycles. The van der Waals surface area contributed by atoms with Crippen molar-refractivity contribution in [1.29, 1.82) is 0 Å². The van der Waals surface area contributed by atoms with Gasteiger partial charge in [-0.1, -0.05) is 30.3 Å². The second kappa shape index (κ2) is 12.6. The van der Waals surface area contributed by atoms with Crippen LogP contribution in [0.5, 0.6) is 0 Å². The minimum atomic E-state index is -1.18. The smallest absolute Gasteiger partial charge is 0.329 e. The van der Waals surface area contributed by atoms with Crippen molar-refractivity contribution in [3.05, 3.63) is 64.6 Å². The molecule has 0 aliphatic carbocycles. The number of primary amides is 1. The monoisotopic (exact) mass is 536 g/mol. The first-order chi connectivity index (χ1) is 18.7. The average Bonchev–Trinajstić information content (AvgIpc) is 3.17. The third-order valence-corrected chi connectivity index (χ3v) is 7.55. The van der Waals surface area contributed by atoms with E-state index in [9.17, 15) is 24.3 Å². The number of piperidine rings is 1. The molecule has 3 aromatic rings. The number of anilines is 1. The molecule has 1 aromatic heterocycles. The van der Waals surface area contributed by atoms with E-state index >= 15 is 0 Å². The number of esters is 1. The van der Waals surface area contributed by atoms with Crippen LogP contribution in [0, 0.1) is 5.92 Å². The number of carboxylic acids is 1. The second-order valence-corrected chi connectivity index (χ2v) is 10.2. The fraction of sp³-hybridized carbons (Fsp3) is 0.448. The molecular formula is C29H36N4O6. The highest BCUT2D eigenvalue weighted by Gasteiger charge is 2.27. The second-order valence-electron chi connectivity index (χ2n) is 10.2. The van der Waals surface area contributed by atoms with Gasteiger partial charge in [-0.25, -0.2) is 9.59 Å². The summed E-state index contributed by atoms with van der Waals surface area (Å²) < 4.78 is 8.06. The van der Waals surface area contributed by atoms with Crippen LogP contribution in [0.4, 0.5) is 5.69 Å². The number of ether oxygens (including phenoxy) is 1. The van der Waals surface area contributed by atoms with Crippen LogP contribution < -0.4 is 16.3 Å². The number of rotatable bonds is 12. The highest BCUT2D eigenvalue weighted by atomic mass is 16.5. The number of hydrogen-bond donors (Lipinski definition) is 2. The summed E-state index contributed by atoms with van der Waals surface area (Å²) in [6.07, 6.45) is 4.04. The molecule has 1 atom stereocenters. The predicted molar refractivity (Wildman–Crippen MR) is 147 cm³/mol. The number of nitrogens with zero attached hydrogens (tertiary/aromatic N) is 3. The zero-order chi connectivity index (χ0) is 27.9. The fourth-order valence-corrected chi connectivity index (χ4v) is 5.32. The van der Waals surface area contributed by atoms with Crippen molar-refractivity contribution in [2.45, 2.75) is 57.6 Å². The minimum Gasteiger partial charge on any atom is -0.480 e. The number of carboxylic acid groups (broad SMARTS) is 1. The predicted octanol–water partition coefficient (Wildman–Crippen LogP) is 3.36. The molecule has 1 fully saturated rings. The molecule has 208 valence electrons. The first kappa shape index (κ1) is 27.9. The molecule has 1 unspecified atom stereocenters. The number of nitrogens with two attached hydrogens (primary N) is 1. The summed E-state index contributed by atoms with van der Waals surface area (Å²) >= 11 is 0. The molecule has 39 heavy (non-hydrogen) atoms. The largest absolute Gasteiger partial charge is 0.480 e. The molecule has 0 saturated carbocycles. The summed E-state index contributed by atoms with van der Waals surface area (Å²) in [6.45, 7) is 2.03. The molecule has 0 radical (unpaired) electrons. The Balaban J connectivity index is 1.32. The van der Waals surface area contributed by atoms with Crippen LogP contribution in [0.2, 0.25) is 0 Å². The molecule has 0 bridgehead atoms. The maximum Gasteiger partial charge on any atom is 0.329 e. The van der Waals surface area contributed by atoms with E-state index in [1.54, 1.807) is 13.1 Å². The standard InChI is InChI=1S/C29H36N4O6/c1-31-25-18-22(10-11-23(25)33(29(31)38)24(28(36)37)12-13-26(30)34)32-16-14-20(15-17-32)8-5-9-27(35)39-19-21-6-3-2-4-7-21/h2-4,6-7,10-11,18,20,24H,5,8-9,12-17,19H2,1H3,(H2,30,34)(H,36,37). The highest BCUT2D eigenvalue weighted by molar-refractivity contribution is 5.83. The molecule has 2 aromatic carbocycles. The van der Waals surface area contributed by atoms with Gasteiger partial charge >= 0.3 is 17.6 Å². The number of carbonyl (C=O) groups is 3. The Kier molecular flexibility index (Phi) is 9.06. The molecular weight excluding hydrogens is 500 g/mol. The van der Waals surface area contributed by atoms with Crippen molar-refractivity contribution >= 4 is 34.6 Å². The number of aliphatic carboxylic acids is 1. The number of aromatic nitrogens is 2. The first-order valence-corrected chi connectivity index (χ1v) is 13.4. The topological polar surface area (TPSA) is 137 Å². The van der Waals surface area contributed by atoms with E-state index in [-0.39, 0.29) is 18.8 Å². The van der Waals surface area contributed by atoms with Crippen molar-refractivity contribution in [3.8, 4) is 0 Å².